The smallest absolute Gasteiger partial charge is 0.351 e. The highest BCUT2D eigenvalue weighted by Crippen LogP contribution is 2.41. The summed E-state index contributed by atoms with van der Waals surface area (Å²) in [5, 5.41) is 12.3. The van der Waals surface area contributed by atoms with Crippen LogP contribution in [0, 0.1) is 0 Å². The van der Waals surface area contributed by atoms with Crippen molar-refractivity contribution in [1.82, 2.24) is 9.88 Å². The average Bonchev–Trinajstić information content (AvgIpc) is 3.17. The van der Waals surface area contributed by atoms with Crippen LogP contribution in [0.5, 0.6) is 0 Å². The standard InChI is InChI=1S/C25H22N2O5/c1-2-31-24(29)25(30)21(32-15-16-8-4-3-5-9-16)13-20-22-18(14-27(20)23(25)28)12-17-10-6-7-11-19(17)26-22/h3-13,21,30H,2,14-15H2,1H3. The number of aromatic nitrogens is 1. The molecule has 2 aromatic carbocycles. The zero-order valence-electron chi connectivity index (χ0n) is 17.5. The van der Waals surface area contributed by atoms with Gasteiger partial charge in [0.15, 0.2) is 0 Å². The maximum atomic E-state index is 13.5. The second kappa shape index (κ2) is 7.85. The van der Waals surface area contributed by atoms with Gasteiger partial charge in [-0.2, -0.15) is 0 Å². The molecule has 2 aliphatic heterocycles. The zero-order valence-corrected chi connectivity index (χ0v) is 17.5. The lowest BCUT2D eigenvalue weighted by molar-refractivity contribution is -0.190. The molecule has 3 heterocycles. The molecule has 0 radical (unpaired) electrons. The lowest BCUT2D eigenvalue weighted by atomic mass is 9.90. The fourth-order valence-electron chi connectivity index (χ4n) is 4.20. The molecular formula is C25H22N2O5. The number of pyridine rings is 1. The van der Waals surface area contributed by atoms with E-state index in [2.05, 4.69) is 0 Å². The van der Waals surface area contributed by atoms with Gasteiger partial charge in [-0.25, -0.2) is 9.78 Å². The number of fused-ring (bicyclic) bond motifs is 4. The van der Waals surface area contributed by atoms with Crippen LogP contribution < -0.4 is 0 Å². The molecule has 0 saturated carbocycles. The molecule has 0 bridgehead atoms. The van der Waals surface area contributed by atoms with E-state index in [-0.39, 0.29) is 19.8 Å². The van der Waals surface area contributed by atoms with E-state index in [4.69, 9.17) is 14.5 Å². The van der Waals surface area contributed by atoms with Crippen LogP contribution in [0.15, 0.2) is 66.7 Å². The fourth-order valence-corrected chi connectivity index (χ4v) is 4.20. The average molecular weight is 430 g/mol. The van der Waals surface area contributed by atoms with Crippen LogP contribution in [0.4, 0.5) is 0 Å². The van der Waals surface area contributed by atoms with Gasteiger partial charge in [-0.3, -0.25) is 4.79 Å². The van der Waals surface area contributed by atoms with Crippen molar-refractivity contribution in [3.63, 3.8) is 0 Å². The number of para-hydroxylation sites is 1. The van der Waals surface area contributed by atoms with Crippen LogP contribution in [0.2, 0.25) is 0 Å². The largest absolute Gasteiger partial charge is 0.463 e. The molecular weight excluding hydrogens is 408 g/mol. The first kappa shape index (κ1) is 20.4. The molecule has 0 saturated heterocycles. The molecule has 2 unspecified atom stereocenters. The summed E-state index contributed by atoms with van der Waals surface area (Å²) in [5.74, 6) is -1.79. The molecule has 2 aliphatic rings. The van der Waals surface area contributed by atoms with Crippen molar-refractivity contribution in [1.29, 1.82) is 0 Å². The second-order valence-corrected chi connectivity index (χ2v) is 7.84. The Morgan fingerprint density at radius 1 is 1.19 bits per heavy atom. The number of aliphatic hydroxyl groups is 1. The predicted molar refractivity (Wildman–Crippen MR) is 117 cm³/mol. The number of carbonyl (C=O) groups is 2. The third-order valence-electron chi connectivity index (χ3n) is 5.82. The molecule has 2 atom stereocenters. The quantitative estimate of drug-likeness (QED) is 0.495. The molecule has 7 heteroatoms. The third kappa shape index (κ3) is 3.18. The Morgan fingerprint density at radius 2 is 1.94 bits per heavy atom. The summed E-state index contributed by atoms with van der Waals surface area (Å²) in [6.07, 6.45) is 0.384. The number of amides is 1. The fraction of sp³-hybridized carbons (Fsp3) is 0.240. The number of hydrogen-bond donors (Lipinski definition) is 1. The Hall–Kier alpha value is -3.55. The van der Waals surface area contributed by atoms with Crippen molar-refractivity contribution in [2.45, 2.75) is 31.8 Å². The van der Waals surface area contributed by atoms with E-state index in [1.54, 1.807) is 13.0 Å². The lowest BCUT2D eigenvalue weighted by Gasteiger charge is -2.38. The first-order chi connectivity index (χ1) is 15.5. The molecule has 1 aromatic heterocycles. The van der Waals surface area contributed by atoms with Crippen molar-refractivity contribution in [3.05, 3.63) is 83.6 Å². The summed E-state index contributed by atoms with van der Waals surface area (Å²) in [6.45, 7) is 1.98. The number of rotatable bonds is 5. The lowest BCUT2D eigenvalue weighted by Crippen LogP contribution is -2.63. The summed E-state index contributed by atoms with van der Waals surface area (Å²) in [5.41, 5.74) is 1.20. The normalized spacial score (nSPS) is 21.8. The van der Waals surface area contributed by atoms with Gasteiger partial charge >= 0.3 is 5.97 Å². The molecule has 5 rings (SSSR count). The first-order valence-corrected chi connectivity index (χ1v) is 10.5. The number of ether oxygens (including phenoxy) is 2. The molecule has 1 amide bonds. The van der Waals surface area contributed by atoms with Crippen LogP contribution in [0.25, 0.3) is 16.6 Å². The zero-order chi connectivity index (χ0) is 22.3. The van der Waals surface area contributed by atoms with Crippen molar-refractivity contribution < 1.29 is 24.2 Å². The maximum absolute atomic E-state index is 13.5. The van der Waals surface area contributed by atoms with Crippen molar-refractivity contribution in [2.24, 2.45) is 0 Å². The molecule has 0 fully saturated rings. The Labute approximate surface area is 184 Å². The van der Waals surface area contributed by atoms with Gasteiger partial charge in [-0.05, 0) is 30.7 Å². The molecule has 1 N–H and O–H groups in total. The Balaban J connectivity index is 1.58. The van der Waals surface area contributed by atoms with E-state index in [1.807, 2.05) is 60.7 Å². The molecule has 7 nitrogen and oxygen atoms in total. The van der Waals surface area contributed by atoms with E-state index in [0.29, 0.717) is 11.4 Å². The van der Waals surface area contributed by atoms with Crippen molar-refractivity contribution >= 4 is 28.5 Å². The highest BCUT2D eigenvalue weighted by molar-refractivity contribution is 6.12. The summed E-state index contributed by atoms with van der Waals surface area (Å²) < 4.78 is 11.0. The van der Waals surface area contributed by atoms with Crippen molar-refractivity contribution in [2.75, 3.05) is 6.61 Å². The monoisotopic (exact) mass is 430 g/mol. The third-order valence-corrected chi connectivity index (χ3v) is 5.82. The van der Waals surface area contributed by atoms with Gasteiger partial charge in [0.25, 0.3) is 11.5 Å². The summed E-state index contributed by atoms with van der Waals surface area (Å²) in [7, 11) is 0. The molecule has 0 aliphatic carbocycles. The first-order valence-electron chi connectivity index (χ1n) is 10.5. The van der Waals surface area contributed by atoms with Gasteiger partial charge in [0.05, 0.1) is 36.7 Å². The number of nitrogens with zero attached hydrogens (tertiary/aromatic N) is 2. The molecule has 3 aromatic rings. The highest BCUT2D eigenvalue weighted by atomic mass is 16.6. The second-order valence-electron chi connectivity index (χ2n) is 7.84. The van der Waals surface area contributed by atoms with Crippen LogP contribution in [0.1, 0.15) is 23.7 Å². The number of hydrogen-bond acceptors (Lipinski definition) is 6. The molecule has 32 heavy (non-hydrogen) atoms. The van der Waals surface area contributed by atoms with E-state index in [9.17, 15) is 14.7 Å². The SMILES string of the molecule is CCOC(=O)C1(O)C(=O)N2Cc3cc4ccccc4nc3C2=CC1OCc1ccccc1. The molecule has 162 valence electrons. The number of carbonyl (C=O) groups excluding carboxylic acids is 2. The predicted octanol–water partition coefficient (Wildman–Crippen LogP) is 2.81. The Morgan fingerprint density at radius 3 is 2.72 bits per heavy atom. The number of esters is 1. The van der Waals surface area contributed by atoms with E-state index >= 15 is 0 Å². The van der Waals surface area contributed by atoms with E-state index in [1.165, 1.54) is 4.90 Å². The van der Waals surface area contributed by atoms with Gasteiger partial charge in [0.2, 0.25) is 0 Å². The minimum Gasteiger partial charge on any atom is -0.463 e. The van der Waals surface area contributed by atoms with Crippen molar-refractivity contribution in [3.8, 4) is 0 Å². The minimum absolute atomic E-state index is 0.0313. The minimum atomic E-state index is -2.48. The summed E-state index contributed by atoms with van der Waals surface area (Å²) >= 11 is 0. The van der Waals surface area contributed by atoms with Gasteiger partial charge in [0.1, 0.15) is 6.10 Å². The molecule has 0 spiro atoms. The van der Waals surface area contributed by atoms with E-state index in [0.717, 1.165) is 22.0 Å². The van der Waals surface area contributed by atoms with Gasteiger partial charge < -0.3 is 19.5 Å². The topological polar surface area (TPSA) is 89.0 Å². The van der Waals surface area contributed by atoms with Crippen LogP contribution in [-0.4, -0.2) is 45.2 Å². The summed E-state index contributed by atoms with van der Waals surface area (Å²) in [6, 6.07) is 19.0. The van der Waals surface area contributed by atoms with Crippen LogP contribution in [0.3, 0.4) is 0 Å². The van der Waals surface area contributed by atoms with Gasteiger partial charge in [-0.15, -0.1) is 0 Å². The van der Waals surface area contributed by atoms with E-state index < -0.39 is 23.6 Å². The number of benzene rings is 2. The maximum Gasteiger partial charge on any atom is 0.351 e. The van der Waals surface area contributed by atoms with Gasteiger partial charge in [0, 0.05) is 10.9 Å². The summed E-state index contributed by atoms with van der Waals surface area (Å²) in [4.78, 5) is 32.3. The van der Waals surface area contributed by atoms with Gasteiger partial charge in [-0.1, -0.05) is 48.5 Å². The Bertz CT molecular complexity index is 1240. The Kier molecular flexibility index (Phi) is 5.00. The highest BCUT2D eigenvalue weighted by Gasteiger charge is 2.59. The van der Waals surface area contributed by atoms with Crippen LogP contribution >= 0.6 is 0 Å². The van der Waals surface area contributed by atoms with Crippen LogP contribution in [-0.2, 0) is 32.2 Å².